The highest BCUT2D eigenvalue weighted by molar-refractivity contribution is 6.30. The minimum Gasteiger partial charge on any atom is -0.469 e. The Morgan fingerprint density at radius 3 is 2.41 bits per heavy atom. The Labute approximate surface area is 106 Å². The van der Waals surface area contributed by atoms with E-state index in [1.807, 2.05) is 24.3 Å². The summed E-state index contributed by atoms with van der Waals surface area (Å²) in [7, 11) is 1.45. The van der Waals surface area contributed by atoms with E-state index in [4.69, 9.17) is 16.3 Å². The van der Waals surface area contributed by atoms with Crippen LogP contribution < -0.4 is 4.90 Å². The molecule has 1 saturated heterocycles. The van der Waals surface area contributed by atoms with E-state index >= 15 is 0 Å². The fourth-order valence-electron chi connectivity index (χ4n) is 2.19. The van der Waals surface area contributed by atoms with Gasteiger partial charge in [0.05, 0.1) is 13.0 Å². The van der Waals surface area contributed by atoms with Crippen LogP contribution in [0.15, 0.2) is 24.3 Å². The van der Waals surface area contributed by atoms with Crippen LogP contribution in [-0.2, 0) is 9.53 Å². The smallest absolute Gasteiger partial charge is 0.308 e. The normalized spacial score (nSPS) is 16.9. The van der Waals surface area contributed by atoms with Gasteiger partial charge in [0.25, 0.3) is 0 Å². The zero-order chi connectivity index (χ0) is 12.3. The molecule has 0 amide bonds. The molecule has 0 bridgehead atoms. The van der Waals surface area contributed by atoms with Crippen molar-refractivity contribution < 1.29 is 9.53 Å². The van der Waals surface area contributed by atoms with Gasteiger partial charge in [-0.25, -0.2) is 0 Å². The molecule has 0 saturated carbocycles. The van der Waals surface area contributed by atoms with Crippen molar-refractivity contribution in [1.82, 2.24) is 0 Å². The minimum atomic E-state index is -0.0826. The molecule has 2 rings (SSSR count). The van der Waals surface area contributed by atoms with Gasteiger partial charge in [0, 0.05) is 23.8 Å². The predicted octanol–water partition coefficient (Wildman–Crippen LogP) is 2.73. The summed E-state index contributed by atoms with van der Waals surface area (Å²) in [4.78, 5) is 13.7. The average Bonchev–Trinajstić information content (AvgIpc) is 2.39. The molecule has 1 aromatic rings. The van der Waals surface area contributed by atoms with Crippen LogP contribution in [0.5, 0.6) is 0 Å². The molecule has 0 atom stereocenters. The Morgan fingerprint density at radius 1 is 1.29 bits per heavy atom. The number of esters is 1. The lowest BCUT2D eigenvalue weighted by molar-refractivity contribution is -0.146. The first-order valence-electron chi connectivity index (χ1n) is 5.79. The number of ether oxygens (including phenoxy) is 1. The van der Waals surface area contributed by atoms with Gasteiger partial charge in [-0.15, -0.1) is 0 Å². The van der Waals surface area contributed by atoms with Crippen molar-refractivity contribution >= 4 is 23.3 Å². The molecule has 0 unspecified atom stereocenters. The van der Waals surface area contributed by atoms with E-state index in [1.165, 1.54) is 7.11 Å². The summed E-state index contributed by atoms with van der Waals surface area (Å²) in [6, 6.07) is 7.81. The van der Waals surface area contributed by atoms with Gasteiger partial charge in [0.2, 0.25) is 0 Å². The quantitative estimate of drug-likeness (QED) is 0.759. The van der Waals surface area contributed by atoms with Crippen LogP contribution in [0.4, 0.5) is 5.69 Å². The third-order valence-corrected chi connectivity index (χ3v) is 3.47. The van der Waals surface area contributed by atoms with Gasteiger partial charge in [-0.05, 0) is 37.1 Å². The second-order valence-electron chi connectivity index (χ2n) is 4.26. The summed E-state index contributed by atoms with van der Waals surface area (Å²) >= 11 is 5.85. The molecule has 92 valence electrons. The average molecular weight is 254 g/mol. The molecule has 0 aliphatic carbocycles. The van der Waals surface area contributed by atoms with Crippen molar-refractivity contribution in [1.29, 1.82) is 0 Å². The third-order valence-electron chi connectivity index (χ3n) is 3.22. The van der Waals surface area contributed by atoms with Gasteiger partial charge < -0.3 is 9.64 Å². The highest BCUT2D eigenvalue weighted by atomic mass is 35.5. The number of halogens is 1. The first-order chi connectivity index (χ1) is 8.20. The van der Waals surface area contributed by atoms with E-state index in [9.17, 15) is 4.79 Å². The standard InChI is InChI=1S/C13H16ClNO2/c1-17-13(16)10-6-8-15(9-7-10)12-4-2-11(14)3-5-12/h2-5,10H,6-9H2,1H3. The van der Waals surface area contributed by atoms with Gasteiger partial charge in [-0.1, -0.05) is 11.6 Å². The fourth-order valence-corrected chi connectivity index (χ4v) is 2.32. The summed E-state index contributed by atoms with van der Waals surface area (Å²) in [5.41, 5.74) is 1.16. The molecule has 1 heterocycles. The van der Waals surface area contributed by atoms with E-state index in [2.05, 4.69) is 4.90 Å². The van der Waals surface area contributed by atoms with E-state index in [-0.39, 0.29) is 11.9 Å². The first-order valence-corrected chi connectivity index (χ1v) is 6.17. The molecule has 1 aliphatic rings. The zero-order valence-electron chi connectivity index (χ0n) is 9.86. The van der Waals surface area contributed by atoms with Crippen LogP contribution in [0.25, 0.3) is 0 Å². The second-order valence-corrected chi connectivity index (χ2v) is 4.70. The van der Waals surface area contributed by atoms with Crippen molar-refractivity contribution in [2.45, 2.75) is 12.8 Å². The Morgan fingerprint density at radius 2 is 1.88 bits per heavy atom. The Hall–Kier alpha value is -1.22. The zero-order valence-corrected chi connectivity index (χ0v) is 10.6. The summed E-state index contributed by atoms with van der Waals surface area (Å²) < 4.78 is 4.77. The lowest BCUT2D eigenvalue weighted by Gasteiger charge is -2.32. The molecule has 4 heteroatoms. The van der Waals surface area contributed by atoms with Crippen LogP contribution in [0, 0.1) is 5.92 Å². The lowest BCUT2D eigenvalue weighted by atomic mass is 9.96. The second kappa shape index (κ2) is 5.41. The summed E-state index contributed by atoms with van der Waals surface area (Å²) in [5, 5.41) is 0.748. The van der Waals surface area contributed by atoms with Gasteiger partial charge in [0.1, 0.15) is 0 Å². The molecular weight excluding hydrogens is 238 g/mol. The number of anilines is 1. The van der Waals surface area contributed by atoms with Crippen LogP contribution in [0.3, 0.4) is 0 Å². The van der Waals surface area contributed by atoms with E-state index in [1.54, 1.807) is 0 Å². The monoisotopic (exact) mass is 253 g/mol. The molecule has 1 fully saturated rings. The number of carbonyl (C=O) groups excluding carboxylic acids is 1. The van der Waals surface area contributed by atoms with Gasteiger partial charge in [0.15, 0.2) is 0 Å². The van der Waals surface area contributed by atoms with Crippen molar-refractivity contribution in [3.8, 4) is 0 Å². The molecular formula is C13H16ClNO2. The van der Waals surface area contributed by atoms with Gasteiger partial charge >= 0.3 is 5.97 Å². The number of methoxy groups -OCH3 is 1. The number of hydrogen-bond acceptors (Lipinski definition) is 3. The number of nitrogens with zero attached hydrogens (tertiary/aromatic N) is 1. The van der Waals surface area contributed by atoms with E-state index < -0.39 is 0 Å². The van der Waals surface area contributed by atoms with Crippen molar-refractivity contribution in [2.24, 2.45) is 5.92 Å². The number of rotatable bonds is 2. The van der Waals surface area contributed by atoms with Crippen LogP contribution in [0.1, 0.15) is 12.8 Å². The number of piperidine rings is 1. The molecule has 0 aromatic heterocycles. The minimum absolute atomic E-state index is 0.0588. The van der Waals surface area contributed by atoms with Crippen molar-refractivity contribution in [3.05, 3.63) is 29.3 Å². The van der Waals surface area contributed by atoms with Crippen LogP contribution in [0.2, 0.25) is 5.02 Å². The van der Waals surface area contributed by atoms with Crippen LogP contribution in [-0.4, -0.2) is 26.2 Å². The first kappa shape index (κ1) is 12.2. The highest BCUT2D eigenvalue weighted by Crippen LogP contribution is 2.25. The Kier molecular flexibility index (Phi) is 3.89. The summed E-state index contributed by atoms with van der Waals surface area (Å²) in [6.45, 7) is 1.78. The lowest BCUT2D eigenvalue weighted by Crippen LogP contribution is -2.36. The Balaban J connectivity index is 1.95. The molecule has 0 radical (unpaired) electrons. The highest BCUT2D eigenvalue weighted by Gasteiger charge is 2.25. The maximum atomic E-state index is 11.4. The van der Waals surface area contributed by atoms with Crippen molar-refractivity contribution in [3.63, 3.8) is 0 Å². The molecule has 1 aliphatic heterocycles. The topological polar surface area (TPSA) is 29.5 Å². The van der Waals surface area contributed by atoms with Crippen molar-refractivity contribution in [2.75, 3.05) is 25.1 Å². The molecule has 1 aromatic carbocycles. The maximum Gasteiger partial charge on any atom is 0.308 e. The largest absolute Gasteiger partial charge is 0.469 e. The molecule has 17 heavy (non-hydrogen) atoms. The SMILES string of the molecule is COC(=O)C1CCN(c2ccc(Cl)cc2)CC1. The number of hydrogen-bond donors (Lipinski definition) is 0. The van der Waals surface area contributed by atoms with E-state index in [0.717, 1.165) is 36.6 Å². The number of carbonyl (C=O) groups is 1. The predicted molar refractivity (Wildman–Crippen MR) is 68.4 cm³/mol. The third kappa shape index (κ3) is 2.91. The number of benzene rings is 1. The molecule has 0 N–H and O–H groups in total. The molecule has 3 nitrogen and oxygen atoms in total. The van der Waals surface area contributed by atoms with Gasteiger partial charge in [-0.3, -0.25) is 4.79 Å². The summed E-state index contributed by atoms with van der Waals surface area (Å²) in [5.74, 6) is -0.0238. The van der Waals surface area contributed by atoms with E-state index in [0.29, 0.717) is 0 Å². The fraction of sp³-hybridized carbons (Fsp3) is 0.462. The van der Waals surface area contributed by atoms with Gasteiger partial charge in [-0.2, -0.15) is 0 Å². The Bertz CT molecular complexity index is 383. The molecule has 0 spiro atoms. The summed E-state index contributed by atoms with van der Waals surface area (Å²) in [6.07, 6.45) is 1.71. The van der Waals surface area contributed by atoms with Crippen LogP contribution >= 0.6 is 11.6 Å². The maximum absolute atomic E-state index is 11.4.